The van der Waals surface area contributed by atoms with E-state index in [9.17, 15) is 4.79 Å². The molecule has 3 heterocycles. The lowest BCUT2D eigenvalue weighted by Gasteiger charge is -2.34. The number of hydrogen-bond acceptors (Lipinski definition) is 4. The molecule has 1 aliphatic rings. The molecule has 1 atom stereocenters. The van der Waals surface area contributed by atoms with Gasteiger partial charge in [0, 0.05) is 29.2 Å². The minimum Gasteiger partial charge on any atom is -0.378 e. The molecule has 0 fully saturated rings. The first-order valence-electron chi connectivity index (χ1n) is 6.97. The second-order valence-electron chi connectivity index (χ2n) is 5.62. The molecule has 0 saturated carbocycles. The highest BCUT2D eigenvalue weighted by molar-refractivity contribution is 7.18. The fourth-order valence-corrected chi connectivity index (χ4v) is 3.91. The maximum atomic E-state index is 12.4. The number of pyridine rings is 1. The van der Waals surface area contributed by atoms with Crippen molar-refractivity contribution < 1.29 is 4.79 Å². The van der Waals surface area contributed by atoms with E-state index in [0.29, 0.717) is 6.42 Å². The van der Waals surface area contributed by atoms with Gasteiger partial charge in [-0.25, -0.2) is 0 Å². The van der Waals surface area contributed by atoms with Gasteiger partial charge in [-0.05, 0) is 37.1 Å². The van der Waals surface area contributed by atoms with Crippen molar-refractivity contribution in [3.05, 3.63) is 35.5 Å². The van der Waals surface area contributed by atoms with E-state index in [2.05, 4.69) is 30.2 Å². The summed E-state index contributed by atoms with van der Waals surface area (Å²) in [5.41, 5.74) is 2.01. The molecule has 0 saturated heterocycles. The van der Waals surface area contributed by atoms with Crippen LogP contribution in [0.2, 0.25) is 0 Å². The molecule has 2 aromatic heterocycles. The Balaban J connectivity index is 1.98. The first-order valence-corrected chi connectivity index (χ1v) is 7.78. The topological polar surface area (TPSA) is 42.0 Å². The molecule has 3 nitrogen and oxygen atoms in total. The van der Waals surface area contributed by atoms with E-state index in [1.807, 2.05) is 12.1 Å². The van der Waals surface area contributed by atoms with Gasteiger partial charge in [0.1, 0.15) is 0 Å². The zero-order valence-electron chi connectivity index (χ0n) is 11.8. The van der Waals surface area contributed by atoms with Crippen LogP contribution in [0.1, 0.15) is 42.8 Å². The fraction of sp³-hybridized carbons (Fsp3) is 0.375. The van der Waals surface area contributed by atoms with Gasteiger partial charge in [-0.2, -0.15) is 0 Å². The normalized spacial score (nSPS) is 21.4. The molecule has 4 heteroatoms. The quantitative estimate of drug-likeness (QED) is 0.911. The van der Waals surface area contributed by atoms with Crippen molar-refractivity contribution in [2.24, 2.45) is 0 Å². The van der Waals surface area contributed by atoms with Crippen molar-refractivity contribution in [2.45, 2.75) is 38.6 Å². The van der Waals surface area contributed by atoms with Crippen molar-refractivity contribution >= 4 is 22.8 Å². The molecule has 2 aromatic rings. The Kier molecular flexibility index (Phi) is 3.34. The second-order valence-corrected chi connectivity index (χ2v) is 6.68. The van der Waals surface area contributed by atoms with Gasteiger partial charge in [-0.3, -0.25) is 9.78 Å². The van der Waals surface area contributed by atoms with E-state index in [1.165, 1.54) is 0 Å². The van der Waals surface area contributed by atoms with Crippen molar-refractivity contribution in [3.8, 4) is 10.4 Å². The van der Waals surface area contributed by atoms with Crippen molar-refractivity contribution in [1.82, 2.24) is 4.98 Å². The summed E-state index contributed by atoms with van der Waals surface area (Å²) in [5.74, 6) is 0.264. The fourth-order valence-electron chi connectivity index (χ4n) is 2.86. The highest BCUT2D eigenvalue weighted by Gasteiger charge is 2.34. The summed E-state index contributed by atoms with van der Waals surface area (Å²) in [4.78, 5) is 18.4. The molecule has 0 spiro atoms. The summed E-state index contributed by atoms with van der Waals surface area (Å²) in [6.45, 7) is 4.30. The lowest BCUT2D eigenvalue weighted by molar-refractivity contribution is 0.0956. The third-order valence-corrected chi connectivity index (χ3v) is 4.96. The molecule has 0 aliphatic carbocycles. The van der Waals surface area contributed by atoms with Gasteiger partial charge in [0.15, 0.2) is 5.78 Å². The van der Waals surface area contributed by atoms with Gasteiger partial charge in [-0.15, -0.1) is 11.3 Å². The summed E-state index contributed by atoms with van der Waals surface area (Å²) in [6, 6.07) is 6.06. The molecule has 0 radical (unpaired) electrons. The molecule has 20 heavy (non-hydrogen) atoms. The zero-order valence-corrected chi connectivity index (χ0v) is 12.6. The highest BCUT2D eigenvalue weighted by Crippen LogP contribution is 2.41. The van der Waals surface area contributed by atoms with E-state index < -0.39 is 0 Å². The Morgan fingerprint density at radius 2 is 2.15 bits per heavy atom. The maximum absolute atomic E-state index is 12.4. The number of carbonyl (C=O) groups is 1. The standard InChI is InChI=1S/C16H18N2OS/c1-3-6-16(2)10-13(19)15-12(18-16)9-14(20-15)11-4-7-17-8-5-11/h4-5,7-9,18H,3,6,10H2,1-2H3. The molecule has 0 aromatic carbocycles. The number of Topliss-reactive ketones (excluding diaryl/α,β-unsaturated/α-hetero) is 1. The van der Waals surface area contributed by atoms with E-state index in [-0.39, 0.29) is 11.3 Å². The minimum absolute atomic E-state index is 0.102. The van der Waals surface area contributed by atoms with Gasteiger partial charge in [0.05, 0.1) is 10.6 Å². The zero-order chi connectivity index (χ0) is 14.2. The first kappa shape index (κ1) is 13.3. The van der Waals surface area contributed by atoms with Gasteiger partial charge < -0.3 is 5.32 Å². The number of thiophene rings is 1. The SMILES string of the molecule is CCCC1(C)CC(=O)c2sc(-c3ccncc3)cc2N1. The number of nitrogens with one attached hydrogen (secondary N) is 1. The van der Waals surface area contributed by atoms with E-state index in [1.54, 1.807) is 23.7 Å². The number of carbonyl (C=O) groups excluding carboxylic acids is 1. The van der Waals surface area contributed by atoms with Crippen LogP contribution in [-0.2, 0) is 0 Å². The van der Waals surface area contributed by atoms with Gasteiger partial charge in [0.25, 0.3) is 0 Å². The van der Waals surface area contributed by atoms with Gasteiger partial charge in [-0.1, -0.05) is 13.3 Å². The number of rotatable bonds is 3. The Hall–Kier alpha value is -1.68. The average Bonchev–Trinajstić information content (AvgIpc) is 2.83. The van der Waals surface area contributed by atoms with Gasteiger partial charge in [0.2, 0.25) is 0 Å². The molecular formula is C16H18N2OS. The number of hydrogen-bond donors (Lipinski definition) is 1. The van der Waals surface area contributed by atoms with Crippen molar-refractivity contribution in [3.63, 3.8) is 0 Å². The predicted octanol–water partition coefficient (Wildman–Crippen LogP) is 4.37. The molecule has 104 valence electrons. The average molecular weight is 286 g/mol. The molecule has 1 N–H and O–H groups in total. The predicted molar refractivity (Wildman–Crippen MR) is 83.4 cm³/mol. The molecule has 3 rings (SSSR count). The van der Waals surface area contributed by atoms with Crippen LogP contribution in [0.5, 0.6) is 0 Å². The Morgan fingerprint density at radius 1 is 1.40 bits per heavy atom. The van der Waals surface area contributed by atoms with E-state index >= 15 is 0 Å². The summed E-state index contributed by atoms with van der Waals surface area (Å²) in [5, 5.41) is 3.57. The van der Waals surface area contributed by atoms with Crippen LogP contribution in [0, 0.1) is 0 Å². The number of anilines is 1. The Labute approximate surface area is 123 Å². The third kappa shape index (κ3) is 2.36. The lowest BCUT2D eigenvalue weighted by Crippen LogP contribution is -2.40. The molecule has 1 aliphatic heterocycles. The van der Waals surface area contributed by atoms with E-state index in [4.69, 9.17) is 0 Å². The van der Waals surface area contributed by atoms with Crippen LogP contribution in [0.15, 0.2) is 30.6 Å². The molecular weight excluding hydrogens is 268 g/mol. The molecule has 0 bridgehead atoms. The van der Waals surface area contributed by atoms with Crippen LogP contribution in [0.3, 0.4) is 0 Å². The number of fused-ring (bicyclic) bond motifs is 1. The summed E-state index contributed by atoms with van der Waals surface area (Å²) < 4.78 is 0. The summed E-state index contributed by atoms with van der Waals surface area (Å²) in [6.07, 6.45) is 6.24. The monoisotopic (exact) mass is 286 g/mol. The smallest absolute Gasteiger partial charge is 0.177 e. The van der Waals surface area contributed by atoms with Gasteiger partial charge >= 0.3 is 0 Å². The highest BCUT2D eigenvalue weighted by atomic mass is 32.1. The second kappa shape index (κ2) is 5.02. The Morgan fingerprint density at radius 3 is 2.85 bits per heavy atom. The summed E-state index contributed by atoms with van der Waals surface area (Å²) in [7, 11) is 0. The van der Waals surface area contributed by atoms with Crippen molar-refractivity contribution in [2.75, 3.05) is 5.32 Å². The maximum Gasteiger partial charge on any atom is 0.177 e. The minimum atomic E-state index is -0.102. The first-order chi connectivity index (χ1) is 9.61. The van der Waals surface area contributed by atoms with E-state index in [0.717, 1.165) is 33.8 Å². The largest absolute Gasteiger partial charge is 0.378 e. The number of ketones is 1. The molecule has 0 amide bonds. The number of nitrogens with zero attached hydrogens (tertiary/aromatic N) is 1. The van der Waals surface area contributed by atoms with Crippen LogP contribution >= 0.6 is 11.3 Å². The third-order valence-electron chi connectivity index (χ3n) is 3.74. The van der Waals surface area contributed by atoms with Crippen LogP contribution < -0.4 is 5.32 Å². The van der Waals surface area contributed by atoms with Crippen LogP contribution in [0.4, 0.5) is 5.69 Å². The molecule has 1 unspecified atom stereocenters. The van der Waals surface area contributed by atoms with Crippen molar-refractivity contribution in [1.29, 1.82) is 0 Å². The van der Waals surface area contributed by atoms with Crippen LogP contribution in [0.25, 0.3) is 10.4 Å². The summed E-state index contributed by atoms with van der Waals surface area (Å²) >= 11 is 1.58. The number of aromatic nitrogens is 1. The Bertz CT molecular complexity index is 635. The lowest BCUT2D eigenvalue weighted by atomic mass is 9.86. The van der Waals surface area contributed by atoms with Crippen LogP contribution in [-0.4, -0.2) is 16.3 Å².